The summed E-state index contributed by atoms with van der Waals surface area (Å²) >= 11 is 0. The predicted molar refractivity (Wildman–Crippen MR) is 73.4 cm³/mol. The number of hydrogen-bond acceptors (Lipinski definition) is 4. The Hall–Kier alpha value is -2.82. The fourth-order valence-electron chi connectivity index (χ4n) is 1.65. The van der Waals surface area contributed by atoms with E-state index >= 15 is 0 Å². The Labute approximate surface area is 115 Å². The van der Waals surface area contributed by atoms with Crippen LogP contribution < -0.4 is 5.73 Å². The first-order chi connectivity index (χ1) is 9.58. The van der Waals surface area contributed by atoms with E-state index in [1.165, 1.54) is 12.1 Å². The average molecular weight is 271 g/mol. The second kappa shape index (κ2) is 5.88. The molecule has 0 fully saturated rings. The van der Waals surface area contributed by atoms with Gasteiger partial charge in [-0.05, 0) is 29.8 Å². The van der Waals surface area contributed by atoms with E-state index in [1.807, 2.05) is 0 Å². The number of carboxylic acids is 1. The molecule has 5 heteroatoms. The van der Waals surface area contributed by atoms with Crippen molar-refractivity contribution in [3.63, 3.8) is 0 Å². The molecule has 0 bridgehead atoms. The number of nitrogen functional groups attached to an aromatic ring is 1. The summed E-state index contributed by atoms with van der Waals surface area (Å²) < 4.78 is 5.13. The van der Waals surface area contributed by atoms with Crippen molar-refractivity contribution in [2.45, 2.75) is 6.61 Å². The molecule has 0 radical (unpaired) electrons. The number of carbonyl (C=O) groups is 2. The minimum Gasteiger partial charge on any atom is -0.478 e. The molecule has 3 N–H and O–H groups in total. The van der Waals surface area contributed by atoms with E-state index in [2.05, 4.69) is 0 Å². The number of ether oxygens (including phenoxy) is 1. The van der Waals surface area contributed by atoms with E-state index in [0.717, 1.165) is 0 Å². The van der Waals surface area contributed by atoms with E-state index < -0.39 is 11.9 Å². The van der Waals surface area contributed by atoms with Crippen molar-refractivity contribution in [3.05, 3.63) is 65.2 Å². The number of benzene rings is 2. The van der Waals surface area contributed by atoms with E-state index in [4.69, 9.17) is 15.6 Å². The van der Waals surface area contributed by atoms with Gasteiger partial charge in [-0.1, -0.05) is 24.3 Å². The zero-order valence-electron chi connectivity index (χ0n) is 10.6. The highest BCUT2D eigenvalue weighted by molar-refractivity contribution is 5.95. The standard InChI is InChI=1S/C15H13NO4/c16-13-4-2-1-3-12(13)15(19)20-9-10-5-7-11(8-6-10)14(17)18/h1-8H,9,16H2,(H,17,18). The molecule has 0 unspecified atom stereocenters. The lowest BCUT2D eigenvalue weighted by molar-refractivity contribution is 0.0473. The normalized spacial score (nSPS) is 10.0. The van der Waals surface area contributed by atoms with Crippen molar-refractivity contribution < 1.29 is 19.4 Å². The van der Waals surface area contributed by atoms with Crippen LogP contribution in [0.3, 0.4) is 0 Å². The molecule has 0 aliphatic rings. The Morgan fingerprint density at radius 1 is 1.05 bits per heavy atom. The molecule has 2 rings (SSSR count). The third-order valence-electron chi connectivity index (χ3n) is 2.75. The van der Waals surface area contributed by atoms with Crippen LogP contribution in [0.2, 0.25) is 0 Å². The summed E-state index contributed by atoms with van der Waals surface area (Å²) in [5.74, 6) is -1.50. The zero-order valence-corrected chi connectivity index (χ0v) is 10.6. The van der Waals surface area contributed by atoms with Crippen molar-refractivity contribution in [1.29, 1.82) is 0 Å². The summed E-state index contributed by atoms with van der Waals surface area (Å²) in [5.41, 5.74) is 7.25. The number of aromatic carboxylic acids is 1. The van der Waals surface area contributed by atoms with Crippen molar-refractivity contribution in [3.8, 4) is 0 Å². The van der Waals surface area contributed by atoms with Gasteiger partial charge in [-0.15, -0.1) is 0 Å². The quantitative estimate of drug-likeness (QED) is 0.658. The van der Waals surface area contributed by atoms with Gasteiger partial charge in [0.1, 0.15) is 6.61 Å². The van der Waals surface area contributed by atoms with Gasteiger partial charge in [0.05, 0.1) is 11.1 Å². The first-order valence-corrected chi connectivity index (χ1v) is 5.92. The first-order valence-electron chi connectivity index (χ1n) is 5.92. The van der Waals surface area contributed by atoms with E-state index in [-0.39, 0.29) is 12.2 Å². The van der Waals surface area contributed by atoms with Gasteiger partial charge in [0.15, 0.2) is 0 Å². The minimum atomic E-state index is -0.995. The number of carbonyl (C=O) groups excluding carboxylic acids is 1. The number of carboxylic acid groups (broad SMARTS) is 1. The largest absolute Gasteiger partial charge is 0.478 e. The highest BCUT2D eigenvalue weighted by Gasteiger charge is 2.10. The molecule has 0 amide bonds. The van der Waals surface area contributed by atoms with Gasteiger partial charge in [0.25, 0.3) is 0 Å². The van der Waals surface area contributed by atoms with E-state index in [9.17, 15) is 9.59 Å². The molecule has 2 aromatic carbocycles. The number of anilines is 1. The number of nitrogens with two attached hydrogens (primary N) is 1. The van der Waals surface area contributed by atoms with Crippen LogP contribution in [0.1, 0.15) is 26.3 Å². The molecule has 0 aliphatic heterocycles. The Bertz CT molecular complexity index is 635. The third kappa shape index (κ3) is 3.14. The van der Waals surface area contributed by atoms with Gasteiger partial charge in [-0.3, -0.25) is 0 Å². The Kier molecular flexibility index (Phi) is 4.00. The molecule has 0 saturated carbocycles. The monoisotopic (exact) mass is 271 g/mol. The van der Waals surface area contributed by atoms with Gasteiger partial charge in [-0.25, -0.2) is 9.59 Å². The summed E-state index contributed by atoms with van der Waals surface area (Å²) in [6, 6.07) is 12.8. The number of esters is 1. The SMILES string of the molecule is Nc1ccccc1C(=O)OCc1ccc(C(=O)O)cc1. The number of para-hydroxylation sites is 1. The molecular weight excluding hydrogens is 258 g/mol. The maximum Gasteiger partial charge on any atom is 0.340 e. The van der Waals surface area contributed by atoms with E-state index in [1.54, 1.807) is 36.4 Å². The smallest absolute Gasteiger partial charge is 0.340 e. The van der Waals surface area contributed by atoms with E-state index in [0.29, 0.717) is 16.8 Å². The molecule has 20 heavy (non-hydrogen) atoms. The second-order valence-corrected chi connectivity index (χ2v) is 4.17. The van der Waals surface area contributed by atoms with Crippen LogP contribution in [0.15, 0.2) is 48.5 Å². The molecule has 2 aromatic rings. The molecular formula is C15H13NO4. The van der Waals surface area contributed by atoms with Crippen molar-refractivity contribution in [2.24, 2.45) is 0 Å². The fourth-order valence-corrected chi connectivity index (χ4v) is 1.65. The zero-order chi connectivity index (χ0) is 14.5. The number of rotatable bonds is 4. The molecule has 0 saturated heterocycles. The van der Waals surface area contributed by atoms with Crippen LogP contribution in [0, 0.1) is 0 Å². The second-order valence-electron chi connectivity index (χ2n) is 4.17. The Morgan fingerprint density at radius 2 is 1.70 bits per heavy atom. The molecule has 0 atom stereocenters. The summed E-state index contributed by atoms with van der Waals surface area (Å²) in [6.07, 6.45) is 0. The van der Waals surface area contributed by atoms with Gasteiger partial charge in [0.2, 0.25) is 0 Å². The van der Waals surface area contributed by atoms with Crippen LogP contribution in [0.4, 0.5) is 5.69 Å². The molecule has 0 aliphatic carbocycles. The average Bonchev–Trinajstić information content (AvgIpc) is 2.45. The topological polar surface area (TPSA) is 89.6 Å². The van der Waals surface area contributed by atoms with Gasteiger partial charge >= 0.3 is 11.9 Å². The summed E-state index contributed by atoms with van der Waals surface area (Å²) in [5, 5.41) is 8.77. The minimum absolute atomic E-state index is 0.0626. The van der Waals surface area contributed by atoms with Crippen LogP contribution in [-0.2, 0) is 11.3 Å². The predicted octanol–water partition coefficient (Wildman–Crippen LogP) is 2.32. The van der Waals surface area contributed by atoms with Crippen LogP contribution in [0.25, 0.3) is 0 Å². The fraction of sp³-hybridized carbons (Fsp3) is 0.0667. The van der Waals surface area contributed by atoms with Crippen molar-refractivity contribution >= 4 is 17.6 Å². The third-order valence-corrected chi connectivity index (χ3v) is 2.75. The maximum atomic E-state index is 11.8. The van der Waals surface area contributed by atoms with Crippen molar-refractivity contribution in [2.75, 3.05) is 5.73 Å². The summed E-state index contributed by atoms with van der Waals surface area (Å²) in [4.78, 5) is 22.5. The van der Waals surface area contributed by atoms with Crippen LogP contribution in [0.5, 0.6) is 0 Å². The molecule has 0 spiro atoms. The van der Waals surface area contributed by atoms with Crippen LogP contribution in [-0.4, -0.2) is 17.0 Å². The first kappa shape index (κ1) is 13.6. The highest BCUT2D eigenvalue weighted by atomic mass is 16.5. The lowest BCUT2D eigenvalue weighted by atomic mass is 10.1. The molecule has 5 nitrogen and oxygen atoms in total. The lowest BCUT2D eigenvalue weighted by Crippen LogP contribution is -2.08. The Morgan fingerprint density at radius 3 is 2.30 bits per heavy atom. The maximum absolute atomic E-state index is 11.8. The molecule has 102 valence electrons. The molecule has 0 heterocycles. The Balaban J connectivity index is 2.00. The van der Waals surface area contributed by atoms with Crippen LogP contribution >= 0.6 is 0 Å². The lowest BCUT2D eigenvalue weighted by Gasteiger charge is -2.07. The molecule has 0 aromatic heterocycles. The van der Waals surface area contributed by atoms with Gasteiger partial charge < -0.3 is 15.6 Å². The van der Waals surface area contributed by atoms with Crippen molar-refractivity contribution in [1.82, 2.24) is 0 Å². The van der Waals surface area contributed by atoms with Gasteiger partial charge in [0, 0.05) is 5.69 Å². The summed E-state index contributed by atoms with van der Waals surface area (Å²) in [6.45, 7) is 0.0626. The highest BCUT2D eigenvalue weighted by Crippen LogP contribution is 2.13. The summed E-state index contributed by atoms with van der Waals surface area (Å²) in [7, 11) is 0. The van der Waals surface area contributed by atoms with Gasteiger partial charge in [-0.2, -0.15) is 0 Å². The number of hydrogen-bond donors (Lipinski definition) is 2.